The molecule has 1 amide bonds. The maximum absolute atomic E-state index is 13.2. The molecular weight excluding hydrogens is 395 g/mol. The number of nitrogens with one attached hydrogen (secondary N) is 1. The molecule has 1 aliphatic rings. The second kappa shape index (κ2) is 9.77. The number of rotatable bonds is 5. The van der Waals surface area contributed by atoms with Crippen LogP contribution in [0.4, 0.5) is 0 Å². The largest absolute Gasteiger partial charge is 0.333 e. The maximum atomic E-state index is 13.2. The molecule has 1 atom stereocenters. The van der Waals surface area contributed by atoms with Crippen LogP contribution in [0.15, 0.2) is 24.3 Å². The summed E-state index contributed by atoms with van der Waals surface area (Å²) in [5.41, 5.74) is 4.10. The van der Waals surface area contributed by atoms with Gasteiger partial charge in [0.05, 0.1) is 18.2 Å². The van der Waals surface area contributed by atoms with Crippen molar-refractivity contribution in [3.63, 3.8) is 0 Å². The molecule has 1 unspecified atom stereocenters. The highest BCUT2D eigenvalue weighted by molar-refractivity contribution is 6.31. The van der Waals surface area contributed by atoms with Crippen LogP contribution in [0.3, 0.4) is 0 Å². The molecule has 1 aromatic heterocycles. The van der Waals surface area contributed by atoms with E-state index < -0.39 is 0 Å². The van der Waals surface area contributed by atoms with Gasteiger partial charge in [-0.3, -0.25) is 9.48 Å². The van der Waals surface area contributed by atoms with Crippen molar-refractivity contribution in [3.8, 4) is 0 Å². The van der Waals surface area contributed by atoms with Crippen LogP contribution in [-0.2, 0) is 17.8 Å². The summed E-state index contributed by atoms with van der Waals surface area (Å²) in [5, 5.41) is 8.75. The van der Waals surface area contributed by atoms with E-state index in [0.717, 1.165) is 42.1 Å². The fourth-order valence-corrected chi connectivity index (χ4v) is 4.05. The third kappa shape index (κ3) is 4.88. The van der Waals surface area contributed by atoms with E-state index in [-0.39, 0.29) is 24.4 Å². The highest BCUT2D eigenvalue weighted by Gasteiger charge is 2.30. The van der Waals surface area contributed by atoms with Gasteiger partial charge in [-0.25, -0.2) is 0 Å². The minimum Gasteiger partial charge on any atom is -0.333 e. The van der Waals surface area contributed by atoms with Gasteiger partial charge in [-0.1, -0.05) is 43.6 Å². The minimum atomic E-state index is -0.0359. The predicted octanol–water partition coefficient (Wildman–Crippen LogP) is 3.95. The lowest BCUT2D eigenvalue weighted by atomic mass is 10.0. The van der Waals surface area contributed by atoms with Crippen LogP contribution >= 0.6 is 24.0 Å². The van der Waals surface area contributed by atoms with Crippen molar-refractivity contribution in [3.05, 3.63) is 51.8 Å². The number of nitrogens with zero attached hydrogens (tertiary/aromatic N) is 3. The van der Waals surface area contributed by atoms with Gasteiger partial charge in [0.1, 0.15) is 0 Å². The van der Waals surface area contributed by atoms with Crippen LogP contribution < -0.4 is 5.32 Å². The Morgan fingerprint density at radius 3 is 2.71 bits per heavy atom. The van der Waals surface area contributed by atoms with Gasteiger partial charge in [0, 0.05) is 42.5 Å². The van der Waals surface area contributed by atoms with E-state index in [9.17, 15) is 4.79 Å². The first kappa shape index (κ1) is 22.7. The summed E-state index contributed by atoms with van der Waals surface area (Å²) in [5.74, 6) is 0.654. The van der Waals surface area contributed by atoms with Crippen LogP contribution in [0.5, 0.6) is 0 Å². The highest BCUT2D eigenvalue weighted by atomic mass is 35.5. The third-order valence-electron chi connectivity index (χ3n) is 5.23. The van der Waals surface area contributed by atoms with E-state index in [1.165, 1.54) is 0 Å². The third-order valence-corrected chi connectivity index (χ3v) is 5.57. The molecule has 0 saturated carbocycles. The standard InChI is InChI=1S/C21H29ClN4O.ClH/c1-14(2)13-26-16(4)18(15(3)24-26)11-21(27)25-10-9-23-12-20(25)17-7-5-6-8-19(17)22;/h5-8,14,20,23H,9-13H2,1-4H3;1H. The van der Waals surface area contributed by atoms with Crippen LogP contribution in [0.25, 0.3) is 0 Å². The minimum absolute atomic E-state index is 0. The Kier molecular flexibility index (Phi) is 7.93. The van der Waals surface area contributed by atoms with Gasteiger partial charge in [0.2, 0.25) is 5.91 Å². The molecule has 0 radical (unpaired) electrons. The molecule has 28 heavy (non-hydrogen) atoms. The van der Waals surface area contributed by atoms with Crippen molar-refractivity contribution in [2.75, 3.05) is 19.6 Å². The lowest BCUT2D eigenvalue weighted by Gasteiger charge is -2.37. The van der Waals surface area contributed by atoms with E-state index in [2.05, 4.69) is 31.2 Å². The number of hydrogen-bond acceptors (Lipinski definition) is 3. The van der Waals surface area contributed by atoms with E-state index in [1.54, 1.807) is 0 Å². The fraction of sp³-hybridized carbons (Fsp3) is 0.524. The quantitative estimate of drug-likeness (QED) is 0.790. The molecule has 0 aliphatic carbocycles. The molecule has 0 spiro atoms. The maximum Gasteiger partial charge on any atom is 0.227 e. The lowest BCUT2D eigenvalue weighted by Crippen LogP contribution is -2.49. The lowest BCUT2D eigenvalue weighted by molar-refractivity contribution is -0.133. The molecule has 1 aliphatic heterocycles. The van der Waals surface area contributed by atoms with E-state index in [1.807, 2.05) is 40.8 Å². The molecule has 7 heteroatoms. The van der Waals surface area contributed by atoms with Crippen molar-refractivity contribution in [1.29, 1.82) is 0 Å². The molecule has 1 saturated heterocycles. The van der Waals surface area contributed by atoms with Crippen molar-refractivity contribution < 1.29 is 4.79 Å². The fourth-order valence-electron chi connectivity index (χ4n) is 3.79. The number of carbonyl (C=O) groups is 1. The molecular formula is C21H30Cl2N4O. The number of benzene rings is 1. The van der Waals surface area contributed by atoms with Crippen molar-refractivity contribution >= 4 is 29.9 Å². The summed E-state index contributed by atoms with van der Waals surface area (Å²) in [6.07, 6.45) is 0.386. The Morgan fingerprint density at radius 2 is 2.04 bits per heavy atom. The monoisotopic (exact) mass is 424 g/mol. The summed E-state index contributed by atoms with van der Waals surface area (Å²) >= 11 is 6.41. The summed E-state index contributed by atoms with van der Waals surface area (Å²) in [6.45, 7) is 11.5. The van der Waals surface area contributed by atoms with Crippen molar-refractivity contribution in [2.24, 2.45) is 5.92 Å². The number of hydrogen-bond donors (Lipinski definition) is 1. The zero-order valence-corrected chi connectivity index (χ0v) is 18.6. The van der Waals surface area contributed by atoms with Crippen LogP contribution in [0.1, 0.15) is 42.4 Å². The Hall–Kier alpha value is -1.56. The zero-order chi connectivity index (χ0) is 19.6. The number of aromatic nitrogens is 2. The summed E-state index contributed by atoms with van der Waals surface area (Å²) < 4.78 is 2.03. The van der Waals surface area contributed by atoms with E-state index >= 15 is 0 Å². The molecule has 2 aromatic rings. The topological polar surface area (TPSA) is 50.2 Å². The Labute approximate surface area is 178 Å². The van der Waals surface area contributed by atoms with E-state index in [4.69, 9.17) is 11.6 Å². The number of carbonyl (C=O) groups excluding carboxylic acids is 1. The summed E-state index contributed by atoms with van der Waals surface area (Å²) in [7, 11) is 0. The second-order valence-corrected chi connectivity index (χ2v) is 8.14. The Balaban J connectivity index is 0.00000280. The van der Waals surface area contributed by atoms with Gasteiger partial charge in [-0.15, -0.1) is 12.4 Å². The SMILES string of the molecule is Cc1nn(CC(C)C)c(C)c1CC(=O)N1CCNCC1c1ccccc1Cl.Cl. The first-order valence-electron chi connectivity index (χ1n) is 9.66. The first-order valence-corrected chi connectivity index (χ1v) is 10.0. The molecule has 154 valence electrons. The molecule has 0 bridgehead atoms. The molecule has 5 nitrogen and oxygen atoms in total. The molecule has 2 heterocycles. The average Bonchev–Trinajstić information content (AvgIpc) is 2.89. The number of halogens is 2. The summed E-state index contributed by atoms with van der Waals surface area (Å²) in [6, 6.07) is 7.76. The van der Waals surface area contributed by atoms with Crippen LogP contribution in [-0.4, -0.2) is 40.2 Å². The Morgan fingerprint density at radius 1 is 1.32 bits per heavy atom. The van der Waals surface area contributed by atoms with Gasteiger partial charge in [-0.2, -0.15) is 5.10 Å². The zero-order valence-electron chi connectivity index (χ0n) is 17.0. The van der Waals surface area contributed by atoms with Gasteiger partial charge >= 0.3 is 0 Å². The Bertz CT molecular complexity index is 819. The van der Waals surface area contributed by atoms with Gasteiger partial charge in [0.15, 0.2) is 0 Å². The van der Waals surface area contributed by atoms with Crippen molar-refractivity contribution in [2.45, 2.75) is 46.7 Å². The molecule has 1 fully saturated rings. The van der Waals surface area contributed by atoms with E-state index in [0.29, 0.717) is 23.9 Å². The number of amides is 1. The highest BCUT2D eigenvalue weighted by Crippen LogP contribution is 2.29. The number of aryl methyl sites for hydroxylation is 1. The van der Waals surface area contributed by atoms with Crippen molar-refractivity contribution in [1.82, 2.24) is 20.0 Å². The van der Waals surface area contributed by atoms with Gasteiger partial charge in [-0.05, 0) is 31.4 Å². The molecule has 1 aromatic carbocycles. The van der Waals surface area contributed by atoms with Gasteiger partial charge < -0.3 is 10.2 Å². The second-order valence-electron chi connectivity index (χ2n) is 7.73. The molecule has 1 N–H and O–H groups in total. The number of piperazine rings is 1. The van der Waals surface area contributed by atoms with Crippen LogP contribution in [0, 0.1) is 19.8 Å². The summed E-state index contributed by atoms with van der Waals surface area (Å²) in [4.78, 5) is 15.2. The molecule has 3 rings (SSSR count). The van der Waals surface area contributed by atoms with Crippen LogP contribution in [0.2, 0.25) is 5.02 Å². The van der Waals surface area contributed by atoms with Gasteiger partial charge in [0.25, 0.3) is 0 Å². The average molecular weight is 425 g/mol. The predicted molar refractivity (Wildman–Crippen MR) is 116 cm³/mol. The first-order chi connectivity index (χ1) is 12.9. The normalized spacial score (nSPS) is 16.9. The smallest absolute Gasteiger partial charge is 0.227 e.